The Bertz CT molecular complexity index is 223. The number of nitrogens with zero attached hydrogens (tertiary/aromatic N) is 1. The van der Waals surface area contributed by atoms with Crippen molar-refractivity contribution in [2.75, 3.05) is 26.7 Å². The van der Waals surface area contributed by atoms with E-state index in [-0.39, 0.29) is 17.1 Å². The van der Waals surface area contributed by atoms with Crippen LogP contribution in [0.4, 0.5) is 0 Å². The second-order valence-corrected chi connectivity index (χ2v) is 7.21. The lowest BCUT2D eigenvalue weighted by Crippen LogP contribution is -2.47. The molecule has 0 aliphatic heterocycles. The first-order valence-electron chi connectivity index (χ1n) is 7.19. The summed E-state index contributed by atoms with van der Waals surface area (Å²) in [5.74, 6) is 0. The van der Waals surface area contributed by atoms with Crippen LogP contribution >= 0.6 is 0 Å². The highest BCUT2D eigenvalue weighted by Crippen LogP contribution is 2.24. The van der Waals surface area contributed by atoms with Crippen LogP contribution in [0.3, 0.4) is 0 Å². The average molecular weight is 258 g/mol. The van der Waals surface area contributed by atoms with Crippen LogP contribution in [-0.4, -0.2) is 48.3 Å². The molecule has 3 heteroatoms. The van der Waals surface area contributed by atoms with Gasteiger partial charge < -0.3 is 15.3 Å². The Morgan fingerprint density at radius 3 is 2.17 bits per heavy atom. The molecule has 2 N–H and O–H groups in total. The van der Waals surface area contributed by atoms with E-state index in [2.05, 4.69) is 51.9 Å². The second kappa shape index (κ2) is 7.46. The minimum atomic E-state index is -0.253. The van der Waals surface area contributed by atoms with Gasteiger partial charge in [-0.05, 0) is 46.6 Å². The van der Waals surface area contributed by atoms with Crippen molar-refractivity contribution >= 4 is 0 Å². The molecule has 2 atom stereocenters. The topological polar surface area (TPSA) is 35.5 Å². The summed E-state index contributed by atoms with van der Waals surface area (Å²) in [6.45, 7) is 15.8. The lowest BCUT2D eigenvalue weighted by atomic mass is 9.84. The molecule has 2 unspecified atom stereocenters. The summed E-state index contributed by atoms with van der Waals surface area (Å²) < 4.78 is 0. The standard InChI is InChI=1S/C15H34N2O/c1-8-9-15(6,11-16-14(3,4)5)12-17(7)10-13(2)18/h13,16,18H,8-12H2,1-7H3. The number of likely N-dealkylation sites (N-methyl/N-ethyl adjacent to an activating group) is 1. The highest BCUT2D eigenvalue weighted by atomic mass is 16.3. The molecule has 0 bridgehead atoms. The van der Waals surface area contributed by atoms with Crippen LogP contribution in [0.2, 0.25) is 0 Å². The molecule has 0 fully saturated rings. The summed E-state index contributed by atoms with van der Waals surface area (Å²) in [6.07, 6.45) is 2.15. The van der Waals surface area contributed by atoms with Gasteiger partial charge in [0.05, 0.1) is 6.10 Å². The quantitative estimate of drug-likeness (QED) is 0.702. The van der Waals surface area contributed by atoms with Gasteiger partial charge in [0.2, 0.25) is 0 Å². The minimum Gasteiger partial charge on any atom is -0.392 e. The molecule has 0 aromatic carbocycles. The maximum atomic E-state index is 9.45. The molecule has 0 amide bonds. The SMILES string of the molecule is CCCC(C)(CNC(C)(C)C)CN(C)CC(C)O. The number of hydrogen-bond acceptors (Lipinski definition) is 3. The van der Waals surface area contributed by atoms with Crippen LogP contribution in [-0.2, 0) is 0 Å². The van der Waals surface area contributed by atoms with Crippen LogP contribution in [0.15, 0.2) is 0 Å². The average Bonchev–Trinajstić information content (AvgIpc) is 2.12. The van der Waals surface area contributed by atoms with E-state index < -0.39 is 0 Å². The van der Waals surface area contributed by atoms with Crippen molar-refractivity contribution in [1.29, 1.82) is 0 Å². The third kappa shape index (κ3) is 8.90. The van der Waals surface area contributed by atoms with Crippen LogP contribution in [0.5, 0.6) is 0 Å². The third-order valence-electron chi connectivity index (χ3n) is 3.13. The van der Waals surface area contributed by atoms with Crippen LogP contribution in [0.25, 0.3) is 0 Å². The maximum Gasteiger partial charge on any atom is 0.0638 e. The van der Waals surface area contributed by atoms with Crippen LogP contribution in [0.1, 0.15) is 54.4 Å². The van der Waals surface area contributed by atoms with E-state index in [1.807, 2.05) is 6.92 Å². The molecule has 0 spiro atoms. The van der Waals surface area contributed by atoms with Gasteiger partial charge in [0.25, 0.3) is 0 Å². The zero-order valence-electron chi connectivity index (χ0n) is 13.5. The fourth-order valence-electron chi connectivity index (χ4n) is 2.47. The molecule has 18 heavy (non-hydrogen) atoms. The van der Waals surface area contributed by atoms with Crippen LogP contribution < -0.4 is 5.32 Å². The molecule has 0 saturated carbocycles. The van der Waals surface area contributed by atoms with E-state index in [0.29, 0.717) is 0 Å². The summed E-state index contributed by atoms with van der Waals surface area (Å²) in [5.41, 5.74) is 0.434. The zero-order chi connectivity index (χ0) is 14.4. The fourth-order valence-corrected chi connectivity index (χ4v) is 2.47. The second-order valence-electron chi connectivity index (χ2n) is 7.21. The van der Waals surface area contributed by atoms with E-state index >= 15 is 0 Å². The first-order chi connectivity index (χ1) is 8.08. The number of aliphatic hydroxyl groups is 1. The van der Waals surface area contributed by atoms with Gasteiger partial charge in [-0.2, -0.15) is 0 Å². The Kier molecular flexibility index (Phi) is 7.41. The number of rotatable bonds is 8. The van der Waals surface area contributed by atoms with Crippen molar-refractivity contribution in [3.05, 3.63) is 0 Å². The fraction of sp³-hybridized carbons (Fsp3) is 1.00. The lowest BCUT2D eigenvalue weighted by Gasteiger charge is -2.37. The minimum absolute atomic E-state index is 0.165. The molecule has 0 aliphatic carbocycles. The van der Waals surface area contributed by atoms with Gasteiger partial charge >= 0.3 is 0 Å². The Hall–Kier alpha value is -0.120. The molecule has 3 nitrogen and oxygen atoms in total. The first kappa shape index (κ1) is 17.9. The molecule has 0 saturated heterocycles. The number of nitrogens with one attached hydrogen (secondary N) is 1. The van der Waals surface area contributed by atoms with Crippen molar-refractivity contribution in [3.8, 4) is 0 Å². The van der Waals surface area contributed by atoms with E-state index in [4.69, 9.17) is 0 Å². The van der Waals surface area contributed by atoms with Crippen LogP contribution in [0, 0.1) is 5.41 Å². The smallest absolute Gasteiger partial charge is 0.0638 e. The number of hydrogen-bond donors (Lipinski definition) is 2. The molecule has 110 valence electrons. The van der Waals surface area contributed by atoms with Crippen molar-refractivity contribution in [2.45, 2.75) is 66.0 Å². The Morgan fingerprint density at radius 2 is 1.78 bits per heavy atom. The van der Waals surface area contributed by atoms with Gasteiger partial charge in [-0.3, -0.25) is 0 Å². The molecule has 0 radical (unpaired) electrons. The Labute approximate surface area is 114 Å². The van der Waals surface area contributed by atoms with E-state index in [9.17, 15) is 5.11 Å². The van der Waals surface area contributed by atoms with Crippen molar-refractivity contribution < 1.29 is 5.11 Å². The van der Waals surface area contributed by atoms with Gasteiger partial charge in [-0.15, -0.1) is 0 Å². The largest absolute Gasteiger partial charge is 0.392 e. The summed E-state index contributed by atoms with van der Waals surface area (Å²) in [5, 5.41) is 13.1. The first-order valence-corrected chi connectivity index (χ1v) is 7.19. The van der Waals surface area contributed by atoms with Crippen molar-refractivity contribution in [3.63, 3.8) is 0 Å². The summed E-state index contributed by atoms with van der Waals surface area (Å²) in [4.78, 5) is 2.24. The van der Waals surface area contributed by atoms with E-state index in [0.717, 1.165) is 19.6 Å². The Balaban J connectivity index is 4.41. The lowest BCUT2D eigenvalue weighted by molar-refractivity contribution is 0.103. The molecular formula is C15H34N2O. The number of aliphatic hydroxyl groups excluding tert-OH is 1. The van der Waals surface area contributed by atoms with E-state index in [1.54, 1.807) is 0 Å². The van der Waals surface area contributed by atoms with Gasteiger partial charge in [0, 0.05) is 25.2 Å². The van der Waals surface area contributed by atoms with E-state index in [1.165, 1.54) is 12.8 Å². The predicted molar refractivity (Wildman–Crippen MR) is 79.9 cm³/mol. The Morgan fingerprint density at radius 1 is 1.22 bits per heavy atom. The highest BCUT2D eigenvalue weighted by Gasteiger charge is 2.27. The molecule has 0 heterocycles. The normalized spacial score (nSPS) is 17.8. The van der Waals surface area contributed by atoms with Gasteiger partial charge in [0.1, 0.15) is 0 Å². The summed E-state index contributed by atoms with van der Waals surface area (Å²) in [6, 6.07) is 0. The van der Waals surface area contributed by atoms with Crippen molar-refractivity contribution in [1.82, 2.24) is 10.2 Å². The zero-order valence-corrected chi connectivity index (χ0v) is 13.5. The summed E-state index contributed by atoms with van der Waals surface area (Å²) in [7, 11) is 2.09. The highest BCUT2D eigenvalue weighted by molar-refractivity contribution is 4.83. The molecule has 0 aromatic rings. The molecular weight excluding hydrogens is 224 g/mol. The molecule has 0 aromatic heterocycles. The molecule has 0 rings (SSSR count). The summed E-state index contributed by atoms with van der Waals surface area (Å²) >= 11 is 0. The third-order valence-corrected chi connectivity index (χ3v) is 3.13. The van der Waals surface area contributed by atoms with Gasteiger partial charge in [-0.1, -0.05) is 20.3 Å². The molecule has 0 aliphatic rings. The van der Waals surface area contributed by atoms with Crippen molar-refractivity contribution in [2.24, 2.45) is 5.41 Å². The van der Waals surface area contributed by atoms with Gasteiger partial charge in [0.15, 0.2) is 0 Å². The predicted octanol–water partition coefficient (Wildman–Crippen LogP) is 2.49. The van der Waals surface area contributed by atoms with Gasteiger partial charge in [-0.25, -0.2) is 0 Å². The maximum absolute atomic E-state index is 9.45. The monoisotopic (exact) mass is 258 g/mol.